The van der Waals surface area contributed by atoms with Gasteiger partial charge in [-0.1, -0.05) is 54.6 Å². The maximum Gasteiger partial charge on any atom is 0.349 e. The molecule has 2 aromatic carbocycles. The number of hydrogen-bond acceptors (Lipinski definition) is 5. The van der Waals surface area contributed by atoms with Crippen LogP contribution >= 0.6 is 11.3 Å². The maximum atomic E-state index is 13.1. The van der Waals surface area contributed by atoms with Crippen molar-refractivity contribution in [2.45, 2.75) is 27.0 Å². The normalized spacial score (nSPS) is 11.0. The number of carbonyl (C=O) groups excluding carboxylic acids is 1. The van der Waals surface area contributed by atoms with E-state index in [0.29, 0.717) is 27.2 Å². The second kappa shape index (κ2) is 8.01. The number of esters is 1. The molecule has 0 aliphatic carbocycles. The third kappa shape index (κ3) is 3.84. The van der Waals surface area contributed by atoms with Gasteiger partial charge in [0.25, 0.3) is 5.56 Å². The second-order valence-corrected chi connectivity index (χ2v) is 7.90. The molecule has 2 heterocycles. The lowest BCUT2D eigenvalue weighted by Crippen LogP contribution is -2.21. The Labute approximate surface area is 172 Å². The fraction of sp³-hybridized carbons (Fsp3) is 0.174. The quantitative estimate of drug-likeness (QED) is 0.460. The average Bonchev–Trinajstić information content (AvgIpc) is 3.08. The van der Waals surface area contributed by atoms with E-state index in [4.69, 9.17) is 4.74 Å². The highest BCUT2D eigenvalue weighted by Gasteiger charge is 2.20. The number of ether oxygens (including phenoxy) is 1. The van der Waals surface area contributed by atoms with Crippen LogP contribution in [0.3, 0.4) is 0 Å². The summed E-state index contributed by atoms with van der Waals surface area (Å²) in [5.74, 6) is -0.431. The number of hydrogen-bond donors (Lipinski definition) is 0. The van der Waals surface area contributed by atoms with Gasteiger partial charge in [-0.15, -0.1) is 11.3 Å². The van der Waals surface area contributed by atoms with Gasteiger partial charge in [0.2, 0.25) is 0 Å². The van der Waals surface area contributed by atoms with Gasteiger partial charge in [0.15, 0.2) is 0 Å². The van der Waals surface area contributed by atoms with E-state index in [1.165, 1.54) is 11.3 Å². The zero-order chi connectivity index (χ0) is 20.4. The van der Waals surface area contributed by atoms with Crippen LogP contribution in [0.5, 0.6) is 0 Å². The second-order valence-electron chi connectivity index (χ2n) is 6.90. The molecular formula is C23H20N2O3S. The van der Waals surface area contributed by atoms with Crippen molar-refractivity contribution in [3.63, 3.8) is 0 Å². The molecule has 0 unspecified atom stereocenters. The third-order valence-corrected chi connectivity index (χ3v) is 6.10. The lowest BCUT2D eigenvalue weighted by molar-refractivity contribution is 0.0478. The summed E-state index contributed by atoms with van der Waals surface area (Å²) < 4.78 is 7.03. The predicted octanol–water partition coefficient (Wildman–Crippen LogP) is 4.48. The predicted molar refractivity (Wildman–Crippen MR) is 114 cm³/mol. The fourth-order valence-corrected chi connectivity index (χ4v) is 4.26. The van der Waals surface area contributed by atoms with Crippen molar-refractivity contribution in [1.29, 1.82) is 0 Å². The monoisotopic (exact) mass is 404 g/mol. The van der Waals surface area contributed by atoms with E-state index >= 15 is 0 Å². The van der Waals surface area contributed by atoms with Gasteiger partial charge in [-0.3, -0.25) is 9.36 Å². The molecule has 0 bridgehead atoms. The minimum atomic E-state index is -0.431. The van der Waals surface area contributed by atoms with E-state index in [9.17, 15) is 9.59 Å². The molecule has 146 valence electrons. The Morgan fingerprint density at radius 3 is 2.55 bits per heavy atom. The zero-order valence-corrected chi connectivity index (χ0v) is 17.0. The summed E-state index contributed by atoms with van der Waals surface area (Å²) in [6.45, 7) is 4.43. The Kier molecular flexibility index (Phi) is 5.27. The lowest BCUT2D eigenvalue weighted by Gasteiger charge is -2.08. The van der Waals surface area contributed by atoms with Gasteiger partial charge >= 0.3 is 5.97 Å². The summed E-state index contributed by atoms with van der Waals surface area (Å²) in [5, 5.41) is 0.484. The van der Waals surface area contributed by atoms with E-state index in [-0.39, 0.29) is 12.2 Å². The molecule has 0 aliphatic heterocycles. The molecule has 4 aromatic rings. The van der Waals surface area contributed by atoms with Crippen LogP contribution in [0.1, 0.15) is 31.9 Å². The first-order valence-electron chi connectivity index (χ1n) is 9.28. The van der Waals surface area contributed by atoms with Gasteiger partial charge in [0.05, 0.1) is 18.3 Å². The van der Waals surface area contributed by atoms with Crippen LogP contribution in [0.4, 0.5) is 0 Å². The molecular weight excluding hydrogens is 384 g/mol. The summed E-state index contributed by atoms with van der Waals surface area (Å²) in [6.07, 6.45) is 1.55. The van der Waals surface area contributed by atoms with E-state index in [2.05, 4.69) is 4.98 Å². The van der Waals surface area contributed by atoms with Gasteiger partial charge in [-0.25, -0.2) is 9.78 Å². The first-order valence-corrected chi connectivity index (χ1v) is 10.1. The summed E-state index contributed by atoms with van der Waals surface area (Å²) in [6, 6.07) is 17.4. The van der Waals surface area contributed by atoms with Crippen molar-refractivity contribution in [2.24, 2.45) is 0 Å². The molecule has 0 fully saturated rings. The van der Waals surface area contributed by atoms with Gasteiger partial charge in [0, 0.05) is 0 Å². The largest absolute Gasteiger partial charge is 0.457 e. The van der Waals surface area contributed by atoms with Crippen molar-refractivity contribution < 1.29 is 9.53 Å². The SMILES string of the molecule is Cc1ccccc1Cn1cnc2sc(C(=O)OCc3ccccc3)c(C)c2c1=O. The average molecular weight is 404 g/mol. The number of aryl methyl sites for hydroxylation is 2. The Morgan fingerprint density at radius 2 is 1.79 bits per heavy atom. The Bertz CT molecular complexity index is 1240. The number of carbonyl (C=O) groups is 1. The van der Waals surface area contributed by atoms with E-state index in [1.54, 1.807) is 17.8 Å². The molecule has 5 nitrogen and oxygen atoms in total. The number of aromatic nitrogens is 2. The van der Waals surface area contributed by atoms with Crippen molar-refractivity contribution in [2.75, 3.05) is 0 Å². The van der Waals surface area contributed by atoms with Crippen LogP contribution in [0.25, 0.3) is 10.2 Å². The standard InChI is InChI=1S/C23H20N2O3S/c1-15-8-6-7-11-18(15)12-25-14-24-21-19(22(25)26)16(2)20(29-21)23(27)28-13-17-9-4-3-5-10-17/h3-11,14H,12-13H2,1-2H3. The molecule has 4 rings (SSSR count). The van der Waals surface area contributed by atoms with E-state index < -0.39 is 5.97 Å². The van der Waals surface area contributed by atoms with Crippen molar-refractivity contribution in [3.05, 3.63) is 98.4 Å². The molecule has 2 aromatic heterocycles. The number of benzene rings is 2. The molecule has 0 saturated carbocycles. The summed E-state index contributed by atoms with van der Waals surface area (Å²) in [7, 11) is 0. The Hall–Kier alpha value is -3.25. The number of rotatable bonds is 5. The number of nitrogens with zero attached hydrogens (tertiary/aromatic N) is 2. The third-order valence-electron chi connectivity index (χ3n) is 4.92. The number of thiophene rings is 1. The van der Waals surface area contributed by atoms with E-state index in [0.717, 1.165) is 16.7 Å². The molecule has 0 saturated heterocycles. The Balaban J connectivity index is 1.63. The molecule has 0 spiro atoms. The van der Waals surface area contributed by atoms with Crippen LogP contribution in [0.2, 0.25) is 0 Å². The molecule has 0 N–H and O–H groups in total. The molecule has 0 radical (unpaired) electrons. The highest BCUT2D eigenvalue weighted by molar-refractivity contribution is 7.20. The highest BCUT2D eigenvalue weighted by Crippen LogP contribution is 2.28. The molecule has 0 atom stereocenters. The van der Waals surface area contributed by atoms with E-state index in [1.807, 2.05) is 61.5 Å². The van der Waals surface area contributed by atoms with Gasteiger partial charge in [-0.05, 0) is 36.1 Å². The summed E-state index contributed by atoms with van der Waals surface area (Å²) >= 11 is 1.20. The minimum Gasteiger partial charge on any atom is -0.457 e. The highest BCUT2D eigenvalue weighted by atomic mass is 32.1. The van der Waals surface area contributed by atoms with Crippen LogP contribution in [-0.2, 0) is 17.9 Å². The van der Waals surface area contributed by atoms with Gasteiger partial charge < -0.3 is 4.74 Å². The minimum absolute atomic E-state index is 0.144. The fourth-order valence-electron chi connectivity index (χ4n) is 3.23. The number of fused-ring (bicyclic) bond motifs is 1. The van der Waals surface area contributed by atoms with Crippen LogP contribution in [-0.4, -0.2) is 15.5 Å². The molecule has 0 amide bonds. The van der Waals surface area contributed by atoms with Crippen molar-refractivity contribution in [3.8, 4) is 0 Å². The first kappa shape index (κ1) is 19.1. The van der Waals surface area contributed by atoms with Crippen molar-refractivity contribution in [1.82, 2.24) is 9.55 Å². The first-order chi connectivity index (χ1) is 14.0. The Morgan fingerprint density at radius 1 is 1.07 bits per heavy atom. The van der Waals surface area contributed by atoms with Crippen LogP contribution in [0.15, 0.2) is 65.7 Å². The summed E-state index contributed by atoms with van der Waals surface area (Å²) in [5.41, 5.74) is 3.57. The molecule has 6 heteroatoms. The van der Waals surface area contributed by atoms with Gasteiger partial charge in [0.1, 0.15) is 16.3 Å². The smallest absolute Gasteiger partial charge is 0.349 e. The molecule has 0 aliphatic rings. The maximum absolute atomic E-state index is 13.1. The van der Waals surface area contributed by atoms with Crippen molar-refractivity contribution >= 4 is 27.5 Å². The van der Waals surface area contributed by atoms with Gasteiger partial charge in [-0.2, -0.15) is 0 Å². The zero-order valence-electron chi connectivity index (χ0n) is 16.2. The lowest BCUT2D eigenvalue weighted by atomic mass is 10.1. The van der Waals surface area contributed by atoms with Crippen LogP contribution < -0.4 is 5.56 Å². The topological polar surface area (TPSA) is 61.2 Å². The molecule has 29 heavy (non-hydrogen) atoms. The van der Waals surface area contributed by atoms with Crippen LogP contribution in [0, 0.1) is 13.8 Å². The summed E-state index contributed by atoms with van der Waals surface area (Å²) in [4.78, 5) is 31.1.